The fraction of sp³-hybridized carbons (Fsp3) is 0.333. The molecule has 0 unspecified atom stereocenters. The maximum Gasteiger partial charge on any atom is 0.402 e. The number of ether oxygens (including phenoxy) is 3. The lowest BCUT2D eigenvalue weighted by Gasteiger charge is -2.14. The Morgan fingerprint density at radius 3 is 2.21 bits per heavy atom. The van der Waals surface area contributed by atoms with Crippen molar-refractivity contribution in [2.45, 2.75) is 0 Å². The van der Waals surface area contributed by atoms with E-state index in [-0.39, 0.29) is 11.3 Å². The van der Waals surface area contributed by atoms with Crippen molar-refractivity contribution in [3.63, 3.8) is 0 Å². The highest BCUT2D eigenvalue weighted by Crippen LogP contribution is 2.42. The van der Waals surface area contributed by atoms with Crippen molar-refractivity contribution in [3.05, 3.63) is 26.8 Å². The van der Waals surface area contributed by atoms with Gasteiger partial charge in [0.05, 0.1) is 26.8 Å². The zero-order valence-corrected chi connectivity index (χ0v) is 11.0. The lowest BCUT2D eigenvalue weighted by Crippen LogP contribution is -2.31. The highest BCUT2D eigenvalue weighted by atomic mass is 16.5. The Morgan fingerprint density at radius 2 is 1.68 bits per heavy atom. The molecule has 0 aliphatic carbocycles. The van der Waals surface area contributed by atoms with Crippen LogP contribution < -0.4 is 25.4 Å². The second-order valence-corrected chi connectivity index (χ2v) is 3.75. The largest absolute Gasteiger partial charge is 0.493 e. The SMILES string of the molecule is COc1cc2c(oc(=O)c(=O)n2C)c(OC)c1OC. The molecule has 19 heavy (non-hydrogen) atoms. The second-order valence-electron chi connectivity index (χ2n) is 3.75. The van der Waals surface area contributed by atoms with Crippen LogP contribution in [0.15, 0.2) is 20.1 Å². The van der Waals surface area contributed by atoms with E-state index in [1.807, 2.05) is 0 Å². The number of rotatable bonds is 3. The summed E-state index contributed by atoms with van der Waals surface area (Å²) in [6.45, 7) is 0. The van der Waals surface area contributed by atoms with Crippen molar-refractivity contribution in [2.24, 2.45) is 7.05 Å². The van der Waals surface area contributed by atoms with Crippen LogP contribution >= 0.6 is 0 Å². The van der Waals surface area contributed by atoms with E-state index < -0.39 is 11.2 Å². The maximum atomic E-state index is 11.6. The molecule has 0 radical (unpaired) electrons. The average Bonchev–Trinajstić information content (AvgIpc) is 2.43. The summed E-state index contributed by atoms with van der Waals surface area (Å²) in [7, 11) is 5.77. The predicted octanol–water partition coefficient (Wildman–Crippen LogP) is 0.517. The summed E-state index contributed by atoms with van der Waals surface area (Å²) < 4.78 is 21.7. The molecular weight excluding hydrogens is 254 g/mol. The zero-order chi connectivity index (χ0) is 14.2. The Bertz CT molecular complexity index is 742. The van der Waals surface area contributed by atoms with Gasteiger partial charge in [-0.1, -0.05) is 0 Å². The standard InChI is InChI=1S/C12H13NO6/c1-13-6-5-7(16-2)9(17-3)10(18-4)8(6)19-12(15)11(13)14/h5H,1-4H3. The number of benzene rings is 1. The molecule has 1 heterocycles. The fourth-order valence-electron chi connectivity index (χ4n) is 1.85. The first-order valence-electron chi connectivity index (χ1n) is 5.38. The minimum Gasteiger partial charge on any atom is -0.493 e. The molecule has 0 aliphatic heterocycles. The van der Waals surface area contributed by atoms with Crippen molar-refractivity contribution in [3.8, 4) is 17.2 Å². The lowest BCUT2D eigenvalue weighted by molar-refractivity contribution is 0.322. The van der Waals surface area contributed by atoms with Gasteiger partial charge < -0.3 is 23.2 Å². The summed E-state index contributed by atoms with van der Waals surface area (Å²) in [4.78, 5) is 23.0. The molecule has 0 saturated heterocycles. The molecule has 1 aromatic heterocycles. The zero-order valence-electron chi connectivity index (χ0n) is 11.0. The summed E-state index contributed by atoms with van der Waals surface area (Å²) in [5.74, 6) is 0.861. The molecule has 7 nitrogen and oxygen atoms in total. The van der Waals surface area contributed by atoms with Gasteiger partial charge in [0.1, 0.15) is 0 Å². The van der Waals surface area contributed by atoms with Gasteiger partial charge in [-0.3, -0.25) is 4.79 Å². The molecule has 2 rings (SSSR count). The lowest BCUT2D eigenvalue weighted by atomic mass is 10.2. The number of fused-ring (bicyclic) bond motifs is 1. The molecule has 2 aromatic rings. The van der Waals surface area contributed by atoms with E-state index in [1.165, 1.54) is 32.9 Å². The van der Waals surface area contributed by atoms with Crippen LogP contribution in [0.4, 0.5) is 0 Å². The van der Waals surface area contributed by atoms with Crippen LogP contribution in [0.5, 0.6) is 17.2 Å². The Morgan fingerprint density at radius 1 is 1.05 bits per heavy atom. The third-order valence-corrected chi connectivity index (χ3v) is 2.80. The van der Waals surface area contributed by atoms with E-state index in [2.05, 4.69) is 0 Å². The van der Waals surface area contributed by atoms with Crippen molar-refractivity contribution in [1.82, 2.24) is 4.57 Å². The van der Waals surface area contributed by atoms with Crippen LogP contribution in [0.25, 0.3) is 11.1 Å². The number of aryl methyl sites for hydroxylation is 1. The molecule has 0 N–H and O–H groups in total. The topological polar surface area (TPSA) is 79.9 Å². The number of hydrogen-bond donors (Lipinski definition) is 0. The molecule has 0 bridgehead atoms. The molecule has 102 valence electrons. The normalized spacial score (nSPS) is 10.5. The van der Waals surface area contributed by atoms with Gasteiger partial charge in [0.15, 0.2) is 5.75 Å². The molecule has 0 aliphatic rings. The maximum absolute atomic E-state index is 11.6. The van der Waals surface area contributed by atoms with Crippen molar-refractivity contribution >= 4 is 11.1 Å². The summed E-state index contributed by atoms with van der Waals surface area (Å²) >= 11 is 0. The molecule has 0 amide bonds. The van der Waals surface area contributed by atoms with Crippen LogP contribution in [0.2, 0.25) is 0 Å². The van der Waals surface area contributed by atoms with E-state index >= 15 is 0 Å². The predicted molar refractivity (Wildman–Crippen MR) is 67.4 cm³/mol. The first-order valence-corrected chi connectivity index (χ1v) is 5.38. The summed E-state index contributed by atoms with van der Waals surface area (Å²) in [6.07, 6.45) is 0. The smallest absolute Gasteiger partial charge is 0.402 e. The van der Waals surface area contributed by atoms with Crippen LogP contribution in [0, 0.1) is 0 Å². The molecule has 0 spiro atoms. The third kappa shape index (κ3) is 1.83. The Hall–Kier alpha value is -2.44. The van der Waals surface area contributed by atoms with Gasteiger partial charge in [-0.25, -0.2) is 4.79 Å². The highest BCUT2D eigenvalue weighted by molar-refractivity contribution is 5.85. The number of nitrogens with zero attached hydrogens (tertiary/aromatic N) is 1. The van der Waals surface area contributed by atoms with Gasteiger partial charge in [-0.15, -0.1) is 0 Å². The van der Waals surface area contributed by atoms with E-state index in [4.69, 9.17) is 18.6 Å². The van der Waals surface area contributed by atoms with Crippen LogP contribution in [0.1, 0.15) is 0 Å². The van der Waals surface area contributed by atoms with Crippen molar-refractivity contribution in [2.75, 3.05) is 21.3 Å². The molecular formula is C12H13NO6. The monoisotopic (exact) mass is 267 g/mol. The Kier molecular flexibility index (Phi) is 3.20. The van der Waals surface area contributed by atoms with E-state index in [0.29, 0.717) is 17.0 Å². The van der Waals surface area contributed by atoms with Gasteiger partial charge in [0, 0.05) is 13.1 Å². The van der Waals surface area contributed by atoms with Gasteiger partial charge >= 0.3 is 11.2 Å². The average molecular weight is 267 g/mol. The third-order valence-electron chi connectivity index (χ3n) is 2.80. The Balaban J connectivity index is 3.06. The molecule has 7 heteroatoms. The molecule has 0 saturated carbocycles. The number of methoxy groups -OCH3 is 3. The van der Waals surface area contributed by atoms with Gasteiger partial charge in [-0.05, 0) is 0 Å². The van der Waals surface area contributed by atoms with Gasteiger partial charge in [0.25, 0.3) is 0 Å². The summed E-state index contributed by atoms with van der Waals surface area (Å²) in [6, 6.07) is 1.54. The first-order chi connectivity index (χ1) is 9.04. The van der Waals surface area contributed by atoms with Crippen LogP contribution in [-0.4, -0.2) is 25.9 Å². The summed E-state index contributed by atoms with van der Waals surface area (Å²) in [5.41, 5.74) is -1.23. The minimum absolute atomic E-state index is 0.132. The minimum atomic E-state index is -0.972. The van der Waals surface area contributed by atoms with Crippen molar-refractivity contribution < 1.29 is 18.6 Å². The molecule has 0 fully saturated rings. The highest BCUT2D eigenvalue weighted by Gasteiger charge is 2.20. The van der Waals surface area contributed by atoms with Gasteiger partial charge in [0.2, 0.25) is 17.1 Å². The number of hydrogen-bond acceptors (Lipinski definition) is 6. The molecule has 0 atom stereocenters. The van der Waals surface area contributed by atoms with E-state index in [1.54, 1.807) is 6.07 Å². The van der Waals surface area contributed by atoms with Crippen LogP contribution in [0.3, 0.4) is 0 Å². The van der Waals surface area contributed by atoms with Gasteiger partial charge in [-0.2, -0.15) is 0 Å². The first kappa shape index (κ1) is 13.0. The van der Waals surface area contributed by atoms with E-state index in [0.717, 1.165) is 0 Å². The fourth-order valence-corrected chi connectivity index (χ4v) is 1.85. The van der Waals surface area contributed by atoms with Crippen LogP contribution in [-0.2, 0) is 7.05 Å². The quantitative estimate of drug-likeness (QED) is 0.754. The Labute approximate surface area is 107 Å². The number of aromatic nitrogens is 1. The summed E-state index contributed by atoms with van der Waals surface area (Å²) in [5, 5.41) is 0. The molecule has 1 aromatic carbocycles. The van der Waals surface area contributed by atoms with Crippen molar-refractivity contribution in [1.29, 1.82) is 0 Å². The van der Waals surface area contributed by atoms with E-state index in [9.17, 15) is 9.59 Å². The second kappa shape index (κ2) is 4.68.